The Labute approximate surface area is 103 Å². The van der Waals surface area contributed by atoms with Gasteiger partial charge in [-0.15, -0.1) is 0 Å². The van der Waals surface area contributed by atoms with E-state index in [2.05, 4.69) is 5.16 Å². The van der Waals surface area contributed by atoms with Crippen LogP contribution >= 0.6 is 11.6 Å². The first-order valence-corrected chi connectivity index (χ1v) is 5.88. The van der Waals surface area contributed by atoms with Crippen LogP contribution in [0.25, 0.3) is 0 Å². The molecule has 0 bridgehead atoms. The highest BCUT2D eigenvalue weighted by Crippen LogP contribution is 2.42. The van der Waals surface area contributed by atoms with Crippen molar-refractivity contribution >= 4 is 17.4 Å². The third-order valence-electron chi connectivity index (χ3n) is 2.90. The van der Waals surface area contributed by atoms with Gasteiger partial charge in [-0.1, -0.05) is 16.8 Å². The molecule has 0 atom stereocenters. The van der Waals surface area contributed by atoms with Crippen LogP contribution in [0, 0.1) is 0 Å². The molecule has 0 aliphatic heterocycles. The van der Waals surface area contributed by atoms with Gasteiger partial charge in [0.25, 0.3) is 0 Å². The van der Waals surface area contributed by atoms with Crippen molar-refractivity contribution in [2.75, 3.05) is 0 Å². The largest absolute Gasteiger partial charge is 0.360 e. The molecule has 1 heterocycles. The van der Waals surface area contributed by atoms with E-state index in [9.17, 15) is 4.79 Å². The summed E-state index contributed by atoms with van der Waals surface area (Å²) >= 11 is 5.79. The molecular formula is C13H10ClNO2. The molecule has 1 saturated carbocycles. The molecule has 1 aromatic heterocycles. The molecule has 2 aromatic rings. The Balaban J connectivity index is 1.95. The van der Waals surface area contributed by atoms with Crippen LogP contribution in [0.1, 0.15) is 40.4 Å². The second-order valence-electron chi connectivity index (χ2n) is 4.21. The van der Waals surface area contributed by atoms with Gasteiger partial charge in [0.1, 0.15) is 0 Å². The van der Waals surface area contributed by atoms with Crippen LogP contribution in [0.3, 0.4) is 0 Å². The first kappa shape index (κ1) is 10.5. The second kappa shape index (κ2) is 4.00. The van der Waals surface area contributed by atoms with E-state index in [1.807, 2.05) is 0 Å². The standard InChI is InChI=1S/C13H10ClNO2/c14-10-5-3-8(4-6-10)12(16)11-7-15-17-13(11)9-1-2-9/h3-7,9H,1-2H2. The smallest absolute Gasteiger partial charge is 0.198 e. The molecule has 1 fully saturated rings. The highest BCUT2D eigenvalue weighted by molar-refractivity contribution is 6.30. The van der Waals surface area contributed by atoms with Crippen molar-refractivity contribution < 1.29 is 9.32 Å². The summed E-state index contributed by atoms with van der Waals surface area (Å²) in [5.74, 6) is 1.05. The number of carbonyl (C=O) groups excluding carboxylic acids is 1. The summed E-state index contributed by atoms with van der Waals surface area (Å²) in [6, 6.07) is 6.85. The number of aromatic nitrogens is 1. The minimum Gasteiger partial charge on any atom is -0.360 e. The lowest BCUT2D eigenvalue weighted by Gasteiger charge is -2.00. The molecule has 0 N–H and O–H groups in total. The van der Waals surface area contributed by atoms with E-state index >= 15 is 0 Å². The van der Waals surface area contributed by atoms with Crippen LogP contribution in [0.4, 0.5) is 0 Å². The van der Waals surface area contributed by atoms with Crippen molar-refractivity contribution in [1.82, 2.24) is 5.16 Å². The van der Waals surface area contributed by atoms with Crippen LogP contribution < -0.4 is 0 Å². The van der Waals surface area contributed by atoms with E-state index in [1.54, 1.807) is 24.3 Å². The van der Waals surface area contributed by atoms with Gasteiger partial charge in [-0.3, -0.25) is 4.79 Å². The molecule has 3 rings (SSSR count). The lowest BCUT2D eigenvalue weighted by molar-refractivity contribution is 0.103. The molecule has 4 heteroatoms. The lowest BCUT2D eigenvalue weighted by Crippen LogP contribution is -2.02. The van der Waals surface area contributed by atoms with Crippen molar-refractivity contribution in [2.45, 2.75) is 18.8 Å². The van der Waals surface area contributed by atoms with Crippen LogP contribution in [0.15, 0.2) is 35.0 Å². The number of benzene rings is 1. The van der Waals surface area contributed by atoms with Crippen molar-refractivity contribution in [3.63, 3.8) is 0 Å². The van der Waals surface area contributed by atoms with Gasteiger partial charge in [0, 0.05) is 16.5 Å². The molecule has 0 radical (unpaired) electrons. The molecule has 0 amide bonds. The van der Waals surface area contributed by atoms with Gasteiger partial charge in [0.2, 0.25) is 0 Å². The maximum Gasteiger partial charge on any atom is 0.198 e. The van der Waals surface area contributed by atoms with Crippen molar-refractivity contribution in [3.05, 3.63) is 52.4 Å². The number of ketones is 1. The van der Waals surface area contributed by atoms with Crippen LogP contribution in [-0.4, -0.2) is 10.9 Å². The van der Waals surface area contributed by atoms with E-state index in [0.717, 1.165) is 18.6 Å². The summed E-state index contributed by atoms with van der Waals surface area (Å²) in [5, 5.41) is 4.35. The summed E-state index contributed by atoms with van der Waals surface area (Å²) in [6.45, 7) is 0. The molecular weight excluding hydrogens is 238 g/mol. The Kier molecular flexibility index (Phi) is 2.48. The first-order valence-electron chi connectivity index (χ1n) is 5.50. The third kappa shape index (κ3) is 1.98. The monoisotopic (exact) mass is 247 g/mol. The average Bonchev–Trinajstić information content (AvgIpc) is 3.07. The van der Waals surface area contributed by atoms with Gasteiger partial charge < -0.3 is 4.52 Å². The Hall–Kier alpha value is -1.61. The van der Waals surface area contributed by atoms with Gasteiger partial charge in [-0.25, -0.2) is 0 Å². The normalized spacial score (nSPS) is 14.9. The van der Waals surface area contributed by atoms with Crippen LogP contribution in [0.5, 0.6) is 0 Å². The summed E-state index contributed by atoms with van der Waals surface area (Å²) in [6.07, 6.45) is 3.66. The topological polar surface area (TPSA) is 43.1 Å². The zero-order valence-corrected chi connectivity index (χ0v) is 9.78. The Morgan fingerprint density at radius 3 is 2.65 bits per heavy atom. The van der Waals surface area contributed by atoms with E-state index < -0.39 is 0 Å². The fourth-order valence-corrected chi connectivity index (χ4v) is 1.94. The van der Waals surface area contributed by atoms with E-state index in [4.69, 9.17) is 16.1 Å². The molecule has 17 heavy (non-hydrogen) atoms. The second-order valence-corrected chi connectivity index (χ2v) is 4.65. The molecule has 1 aliphatic carbocycles. The first-order chi connectivity index (χ1) is 8.25. The predicted molar refractivity (Wildman–Crippen MR) is 63.4 cm³/mol. The third-order valence-corrected chi connectivity index (χ3v) is 3.15. The fraction of sp³-hybridized carbons (Fsp3) is 0.231. The SMILES string of the molecule is O=C(c1ccc(Cl)cc1)c1cnoc1C1CC1. The van der Waals surface area contributed by atoms with Gasteiger partial charge in [0.15, 0.2) is 11.5 Å². The highest BCUT2D eigenvalue weighted by Gasteiger charge is 2.32. The lowest BCUT2D eigenvalue weighted by atomic mass is 10.0. The van der Waals surface area contributed by atoms with Crippen molar-refractivity contribution in [3.8, 4) is 0 Å². The van der Waals surface area contributed by atoms with E-state index in [0.29, 0.717) is 22.1 Å². The number of hydrogen-bond donors (Lipinski definition) is 0. The molecule has 1 aromatic carbocycles. The molecule has 86 valence electrons. The van der Waals surface area contributed by atoms with Crippen LogP contribution in [-0.2, 0) is 0 Å². The summed E-state index contributed by atoms with van der Waals surface area (Å²) in [7, 11) is 0. The van der Waals surface area contributed by atoms with Crippen molar-refractivity contribution in [1.29, 1.82) is 0 Å². The zero-order valence-electron chi connectivity index (χ0n) is 9.02. The Morgan fingerprint density at radius 2 is 2.00 bits per heavy atom. The van der Waals surface area contributed by atoms with E-state index in [1.165, 1.54) is 6.20 Å². The van der Waals surface area contributed by atoms with Crippen molar-refractivity contribution in [2.24, 2.45) is 0 Å². The minimum absolute atomic E-state index is 0.0511. The fourth-order valence-electron chi connectivity index (χ4n) is 1.82. The Morgan fingerprint density at radius 1 is 1.29 bits per heavy atom. The zero-order chi connectivity index (χ0) is 11.8. The number of nitrogens with zero attached hydrogens (tertiary/aromatic N) is 1. The summed E-state index contributed by atoms with van der Waals surface area (Å²) in [5.41, 5.74) is 1.19. The molecule has 3 nitrogen and oxygen atoms in total. The maximum absolute atomic E-state index is 12.2. The van der Waals surface area contributed by atoms with Gasteiger partial charge in [-0.2, -0.15) is 0 Å². The molecule has 0 saturated heterocycles. The Bertz CT molecular complexity index is 555. The number of carbonyl (C=O) groups is 1. The maximum atomic E-state index is 12.2. The molecule has 0 spiro atoms. The molecule has 1 aliphatic rings. The number of hydrogen-bond acceptors (Lipinski definition) is 3. The quantitative estimate of drug-likeness (QED) is 0.781. The predicted octanol–water partition coefficient (Wildman–Crippen LogP) is 3.44. The summed E-state index contributed by atoms with van der Waals surface area (Å²) in [4.78, 5) is 12.2. The van der Waals surface area contributed by atoms with Gasteiger partial charge in [0.05, 0.1) is 11.8 Å². The van der Waals surface area contributed by atoms with Gasteiger partial charge >= 0.3 is 0 Å². The summed E-state index contributed by atoms with van der Waals surface area (Å²) < 4.78 is 5.16. The molecule has 0 unspecified atom stereocenters. The van der Waals surface area contributed by atoms with E-state index in [-0.39, 0.29) is 5.78 Å². The van der Waals surface area contributed by atoms with Crippen LogP contribution in [0.2, 0.25) is 5.02 Å². The van der Waals surface area contributed by atoms with Gasteiger partial charge in [-0.05, 0) is 37.1 Å². The average molecular weight is 248 g/mol. The minimum atomic E-state index is -0.0511. The highest BCUT2D eigenvalue weighted by atomic mass is 35.5. The number of halogens is 1. The number of rotatable bonds is 3.